The van der Waals surface area contributed by atoms with Crippen molar-refractivity contribution in [3.8, 4) is 11.8 Å². The van der Waals surface area contributed by atoms with Crippen molar-refractivity contribution < 1.29 is 13.9 Å². The van der Waals surface area contributed by atoms with E-state index in [1.54, 1.807) is 12.1 Å². The van der Waals surface area contributed by atoms with Gasteiger partial charge in [-0.05, 0) is 29.7 Å². The second kappa shape index (κ2) is 9.08. The van der Waals surface area contributed by atoms with Gasteiger partial charge in [0.05, 0.1) is 5.56 Å². The van der Waals surface area contributed by atoms with Crippen LogP contribution in [-0.4, -0.2) is 24.0 Å². The van der Waals surface area contributed by atoms with Gasteiger partial charge >= 0.3 is 0 Å². The molecule has 1 aliphatic heterocycles. The van der Waals surface area contributed by atoms with Crippen LogP contribution in [0, 0.1) is 17.1 Å². The summed E-state index contributed by atoms with van der Waals surface area (Å²) in [4.78, 5) is 15.7. The lowest BCUT2D eigenvalue weighted by molar-refractivity contribution is -0.118. The SMILES string of the molecule is N#Cc1c(NC(=O)COc2ccccc2F)sc2c1CCN(Cc1ccccc1)C2. The summed E-state index contributed by atoms with van der Waals surface area (Å²) < 4.78 is 18.9. The molecule has 0 saturated carbocycles. The lowest BCUT2D eigenvalue weighted by Crippen LogP contribution is -2.29. The number of ether oxygens (including phenoxy) is 1. The average molecular weight is 421 g/mol. The van der Waals surface area contributed by atoms with Crippen LogP contribution >= 0.6 is 11.3 Å². The van der Waals surface area contributed by atoms with E-state index in [4.69, 9.17) is 4.74 Å². The number of carbonyl (C=O) groups is 1. The van der Waals surface area contributed by atoms with Gasteiger partial charge in [0.25, 0.3) is 5.91 Å². The van der Waals surface area contributed by atoms with Crippen LogP contribution in [0.5, 0.6) is 5.75 Å². The highest BCUT2D eigenvalue weighted by Gasteiger charge is 2.25. The molecule has 5 nitrogen and oxygen atoms in total. The van der Waals surface area contributed by atoms with Crippen molar-refractivity contribution in [1.82, 2.24) is 4.90 Å². The predicted molar refractivity (Wildman–Crippen MR) is 114 cm³/mol. The summed E-state index contributed by atoms with van der Waals surface area (Å²) in [5.74, 6) is -0.919. The molecule has 2 aromatic carbocycles. The first kappa shape index (κ1) is 20.1. The maximum atomic E-state index is 13.6. The monoisotopic (exact) mass is 421 g/mol. The Labute approximate surface area is 178 Å². The second-order valence-corrected chi connectivity index (χ2v) is 8.14. The van der Waals surface area contributed by atoms with Gasteiger partial charge in [0, 0.05) is 24.5 Å². The first-order valence-corrected chi connectivity index (χ1v) is 10.4. The molecule has 30 heavy (non-hydrogen) atoms. The van der Waals surface area contributed by atoms with Crippen LogP contribution in [-0.2, 0) is 24.3 Å². The third-order valence-electron chi connectivity index (χ3n) is 4.95. The Balaban J connectivity index is 1.42. The summed E-state index contributed by atoms with van der Waals surface area (Å²) in [7, 11) is 0. The van der Waals surface area contributed by atoms with E-state index in [0.717, 1.165) is 36.5 Å². The van der Waals surface area contributed by atoms with Crippen LogP contribution in [0.4, 0.5) is 9.39 Å². The Bertz CT molecular complexity index is 1090. The molecule has 2 heterocycles. The van der Waals surface area contributed by atoms with Gasteiger partial charge in [-0.3, -0.25) is 9.69 Å². The Morgan fingerprint density at radius 2 is 1.97 bits per heavy atom. The first-order chi connectivity index (χ1) is 14.6. The lowest BCUT2D eigenvalue weighted by atomic mass is 10.0. The summed E-state index contributed by atoms with van der Waals surface area (Å²) in [5, 5.41) is 12.9. The molecule has 0 unspecified atom stereocenters. The van der Waals surface area contributed by atoms with Gasteiger partial charge in [-0.15, -0.1) is 11.3 Å². The Morgan fingerprint density at radius 3 is 2.73 bits per heavy atom. The molecule has 0 atom stereocenters. The molecule has 0 bridgehead atoms. The molecule has 0 aliphatic carbocycles. The minimum Gasteiger partial charge on any atom is -0.481 e. The number of rotatable bonds is 6. The molecular weight excluding hydrogens is 401 g/mol. The minimum absolute atomic E-state index is 0.0233. The zero-order valence-electron chi connectivity index (χ0n) is 16.2. The molecule has 1 amide bonds. The topological polar surface area (TPSA) is 65.4 Å². The minimum atomic E-state index is -0.520. The molecule has 1 aliphatic rings. The summed E-state index contributed by atoms with van der Waals surface area (Å²) in [6.07, 6.45) is 0.767. The van der Waals surface area contributed by atoms with E-state index in [0.29, 0.717) is 10.6 Å². The summed E-state index contributed by atoms with van der Waals surface area (Å²) >= 11 is 1.43. The molecular formula is C23H20FN3O2S. The smallest absolute Gasteiger partial charge is 0.262 e. The van der Waals surface area contributed by atoms with Gasteiger partial charge in [0.2, 0.25) is 0 Å². The van der Waals surface area contributed by atoms with Crippen molar-refractivity contribution in [2.24, 2.45) is 0 Å². The molecule has 0 saturated heterocycles. The Morgan fingerprint density at radius 1 is 1.20 bits per heavy atom. The van der Waals surface area contributed by atoms with E-state index >= 15 is 0 Å². The Hall–Kier alpha value is -3.21. The number of para-hydroxylation sites is 1. The number of nitrogens with zero attached hydrogens (tertiary/aromatic N) is 2. The standard InChI is InChI=1S/C23H20FN3O2S/c24-19-8-4-5-9-20(19)29-15-22(28)26-23-18(12-25)17-10-11-27(14-21(17)30-23)13-16-6-2-1-3-7-16/h1-9H,10-11,13-15H2,(H,26,28). The number of halogens is 1. The average Bonchev–Trinajstić information content (AvgIpc) is 3.10. The van der Waals surface area contributed by atoms with Gasteiger partial charge in [0.15, 0.2) is 18.2 Å². The van der Waals surface area contributed by atoms with Crippen molar-refractivity contribution in [2.45, 2.75) is 19.5 Å². The van der Waals surface area contributed by atoms with Crippen molar-refractivity contribution in [3.05, 3.63) is 82.0 Å². The van der Waals surface area contributed by atoms with E-state index in [1.165, 1.54) is 29.0 Å². The highest BCUT2D eigenvalue weighted by molar-refractivity contribution is 7.16. The van der Waals surface area contributed by atoms with Gasteiger partial charge < -0.3 is 10.1 Å². The van der Waals surface area contributed by atoms with E-state index < -0.39 is 11.7 Å². The van der Waals surface area contributed by atoms with Crippen LogP contribution < -0.4 is 10.1 Å². The number of nitriles is 1. The number of anilines is 1. The summed E-state index contributed by atoms with van der Waals surface area (Å²) in [6.45, 7) is 2.12. The molecule has 0 fully saturated rings. The lowest BCUT2D eigenvalue weighted by Gasteiger charge is -2.26. The number of fused-ring (bicyclic) bond motifs is 1. The maximum absolute atomic E-state index is 13.6. The van der Waals surface area contributed by atoms with Crippen LogP contribution in [0.3, 0.4) is 0 Å². The Kier molecular flexibility index (Phi) is 6.07. The number of amides is 1. The largest absolute Gasteiger partial charge is 0.481 e. The fraction of sp³-hybridized carbons (Fsp3) is 0.217. The number of nitrogens with one attached hydrogen (secondary N) is 1. The normalized spacial score (nSPS) is 13.3. The molecule has 1 aromatic heterocycles. The van der Waals surface area contributed by atoms with Crippen LogP contribution in [0.1, 0.15) is 21.6 Å². The van der Waals surface area contributed by atoms with Crippen molar-refractivity contribution >= 4 is 22.2 Å². The number of carbonyl (C=O) groups excluding carboxylic acids is 1. The van der Waals surface area contributed by atoms with Crippen molar-refractivity contribution in [1.29, 1.82) is 5.26 Å². The molecule has 152 valence electrons. The van der Waals surface area contributed by atoms with Gasteiger partial charge in [-0.25, -0.2) is 4.39 Å². The zero-order chi connectivity index (χ0) is 20.9. The highest BCUT2D eigenvalue weighted by Crippen LogP contribution is 2.37. The van der Waals surface area contributed by atoms with Gasteiger partial charge in [-0.2, -0.15) is 5.26 Å². The quantitative estimate of drug-likeness (QED) is 0.643. The zero-order valence-corrected chi connectivity index (χ0v) is 17.0. The molecule has 3 aromatic rings. The number of hydrogen-bond donors (Lipinski definition) is 1. The van der Waals surface area contributed by atoms with Crippen molar-refractivity contribution in [3.63, 3.8) is 0 Å². The fourth-order valence-corrected chi connectivity index (χ4v) is 4.76. The highest BCUT2D eigenvalue weighted by atomic mass is 32.1. The number of benzene rings is 2. The third-order valence-corrected chi connectivity index (χ3v) is 6.08. The summed E-state index contributed by atoms with van der Waals surface area (Å²) in [5.41, 5.74) is 2.78. The second-order valence-electron chi connectivity index (χ2n) is 7.03. The van der Waals surface area contributed by atoms with E-state index in [-0.39, 0.29) is 12.4 Å². The summed E-state index contributed by atoms with van der Waals surface area (Å²) in [6, 6.07) is 18.4. The van der Waals surface area contributed by atoms with Crippen molar-refractivity contribution in [2.75, 3.05) is 18.5 Å². The molecule has 1 N–H and O–H groups in total. The predicted octanol–water partition coefficient (Wildman–Crippen LogP) is 4.33. The third kappa shape index (κ3) is 4.51. The van der Waals surface area contributed by atoms with Crippen LogP contribution in [0.15, 0.2) is 54.6 Å². The molecule has 0 radical (unpaired) electrons. The molecule has 4 rings (SSSR count). The number of hydrogen-bond acceptors (Lipinski definition) is 5. The fourth-order valence-electron chi connectivity index (χ4n) is 3.51. The first-order valence-electron chi connectivity index (χ1n) is 9.62. The van der Waals surface area contributed by atoms with Crippen LogP contribution in [0.2, 0.25) is 0 Å². The van der Waals surface area contributed by atoms with Gasteiger partial charge in [-0.1, -0.05) is 42.5 Å². The van der Waals surface area contributed by atoms with Crippen LogP contribution in [0.25, 0.3) is 0 Å². The van der Waals surface area contributed by atoms with E-state index in [2.05, 4.69) is 28.4 Å². The van der Waals surface area contributed by atoms with E-state index in [9.17, 15) is 14.4 Å². The van der Waals surface area contributed by atoms with Gasteiger partial charge in [0.1, 0.15) is 11.1 Å². The van der Waals surface area contributed by atoms with E-state index in [1.807, 2.05) is 18.2 Å². The molecule has 0 spiro atoms. The maximum Gasteiger partial charge on any atom is 0.262 e. The molecule has 7 heteroatoms. The number of thiophene rings is 1.